The summed E-state index contributed by atoms with van der Waals surface area (Å²) in [5.41, 5.74) is 0.345. The zero-order valence-corrected chi connectivity index (χ0v) is 12.4. The number of hydrogen-bond donors (Lipinski definition) is 2. The van der Waals surface area contributed by atoms with Gasteiger partial charge < -0.3 is 10.6 Å². The second-order valence-electron chi connectivity index (χ2n) is 5.40. The molecule has 1 aromatic rings. The zero-order chi connectivity index (χ0) is 14.4. The first kappa shape index (κ1) is 15.4. The fourth-order valence-corrected chi connectivity index (χ4v) is 2.14. The Bertz CT molecular complexity index is 410. The van der Waals surface area contributed by atoms with Gasteiger partial charge in [0.25, 0.3) is 5.91 Å². The molecule has 19 heavy (non-hydrogen) atoms. The lowest BCUT2D eigenvalue weighted by Crippen LogP contribution is -2.34. The number of anilines is 1. The molecule has 0 bridgehead atoms. The van der Waals surface area contributed by atoms with Crippen molar-refractivity contribution < 1.29 is 4.79 Å². The van der Waals surface area contributed by atoms with Gasteiger partial charge in [-0.2, -0.15) is 0 Å². The number of carbonyl (C=O) groups is 1. The Morgan fingerprint density at radius 1 is 1.21 bits per heavy atom. The largest absolute Gasteiger partial charge is 0.372 e. The van der Waals surface area contributed by atoms with Crippen molar-refractivity contribution >= 4 is 11.7 Å². The lowest BCUT2D eigenvalue weighted by Gasteiger charge is -2.24. The fraction of sp³-hybridized carbons (Fsp3) is 0.643. The number of aromatic nitrogens is 2. The minimum absolute atomic E-state index is 0.170. The second-order valence-corrected chi connectivity index (χ2v) is 5.40. The molecule has 0 saturated heterocycles. The monoisotopic (exact) mass is 264 g/mol. The van der Waals surface area contributed by atoms with Gasteiger partial charge in [-0.1, -0.05) is 27.7 Å². The van der Waals surface area contributed by atoms with Crippen LogP contribution in [0, 0.1) is 17.8 Å². The molecule has 0 fully saturated rings. The van der Waals surface area contributed by atoms with E-state index >= 15 is 0 Å². The van der Waals surface area contributed by atoms with Crippen molar-refractivity contribution in [1.82, 2.24) is 15.3 Å². The van der Waals surface area contributed by atoms with Crippen LogP contribution in [0.1, 0.15) is 38.2 Å². The molecular formula is C14H24N4O. The van der Waals surface area contributed by atoms with Crippen molar-refractivity contribution in [2.45, 2.75) is 27.7 Å². The number of amides is 1. The average molecular weight is 264 g/mol. The van der Waals surface area contributed by atoms with Crippen molar-refractivity contribution in [1.29, 1.82) is 0 Å². The molecule has 0 atom stereocenters. The van der Waals surface area contributed by atoms with Gasteiger partial charge in [-0.3, -0.25) is 9.78 Å². The molecule has 0 unspecified atom stereocenters. The molecule has 2 N–H and O–H groups in total. The van der Waals surface area contributed by atoms with Gasteiger partial charge in [0.15, 0.2) is 0 Å². The minimum atomic E-state index is -0.170. The third kappa shape index (κ3) is 4.50. The molecule has 1 aromatic heterocycles. The number of carbonyl (C=O) groups excluding carboxylic acids is 1. The van der Waals surface area contributed by atoms with Crippen molar-refractivity contribution in [2.75, 3.05) is 18.9 Å². The van der Waals surface area contributed by atoms with E-state index in [1.807, 2.05) is 0 Å². The van der Waals surface area contributed by atoms with Crippen molar-refractivity contribution in [3.63, 3.8) is 0 Å². The Balaban J connectivity index is 2.64. The maximum Gasteiger partial charge on any atom is 0.271 e. The summed E-state index contributed by atoms with van der Waals surface area (Å²) < 4.78 is 0. The molecule has 0 radical (unpaired) electrons. The van der Waals surface area contributed by atoms with Gasteiger partial charge in [-0.15, -0.1) is 0 Å². The van der Waals surface area contributed by atoms with Gasteiger partial charge in [-0.05, 0) is 17.8 Å². The third-order valence-electron chi connectivity index (χ3n) is 3.33. The quantitative estimate of drug-likeness (QED) is 0.826. The molecule has 0 aliphatic carbocycles. The molecule has 1 amide bonds. The van der Waals surface area contributed by atoms with Gasteiger partial charge in [0.05, 0.1) is 12.4 Å². The van der Waals surface area contributed by atoms with Gasteiger partial charge in [-0.25, -0.2) is 4.98 Å². The number of hydrogen-bond acceptors (Lipinski definition) is 4. The predicted molar refractivity (Wildman–Crippen MR) is 77.1 cm³/mol. The molecule has 5 heteroatoms. The highest BCUT2D eigenvalue weighted by Crippen LogP contribution is 2.19. The number of nitrogens with zero attached hydrogens (tertiary/aromatic N) is 2. The van der Waals surface area contributed by atoms with E-state index in [1.165, 1.54) is 6.20 Å². The Labute approximate surface area is 115 Å². The van der Waals surface area contributed by atoms with Crippen molar-refractivity contribution in [2.24, 2.45) is 17.8 Å². The Morgan fingerprint density at radius 3 is 2.37 bits per heavy atom. The Morgan fingerprint density at radius 2 is 1.84 bits per heavy atom. The van der Waals surface area contributed by atoms with E-state index in [9.17, 15) is 4.79 Å². The molecule has 0 spiro atoms. The number of nitrogens with one attached hydrogen (secondary N) is 2. The van der Waals surface area contributed by atoms with E-state index in [1.54, 1.807) is 13.2 Å². The van der Waals surface area contributed by atoms with Gasteiger partial charge >= 0.3 is 0 Å². The van der Waals surface area contributed by atoms with Crippen LogP contribution in [-0.4, -0.2) is 29.5 Å². The van der Waals surface area contributed by atoms with E-state index in [2.05, 4.69) is 48.3 Å². The first-order valence-electron chi connectivity index (χ1n) is 6.73. The summed E-state index contributed by atoms with van der Waals surface area (Å²) in [6.45, 7) is 9.38. The van der Waals surface area contributed by atoms with Crippen molar-refractivity contribution in [3.05, 3.63) is 18.1 Å². The fourth-order valence-electron chi connectivity index (χ4n) is 2.14. The smallest absolute Gasteiger partial charge is 0.271 e. The Hall–Kier alpha value is -1.65. The second kappa shape index (κ2) is 7.07. The number of rotatable bonds is 6. The molecule has 1 rings (SSSR count). The van der Waals surface area contributed by atoms with Crippen molar-refractivity contribution in [3.8, 4) is 0 Å². The van der Waals surface area contributed by atoms with Crippen LogP contribution in [0.2, 0.25) is 0 Å². The molecule has 0 saturated carbocycles. The maximum absolute atomic E-state index is 12.0. The molecule has 106 valence electrons. The summed E-state index contributed by atoms with van der Waals surface area (Å²) in [4.78, 5) is 20.2. The Kier molecular flexibility index (Phi) is 5.73. The van der Waals surface area contributed by atoms with Crippen LogP contribution in [0.25, 0.3) is 0 Å². The summed E-state index contributed by atoms with van der Waals surface area (Å²) in [5, 5.41) is 5.81. The van der Waals surface area contributed by atoms with E-state index < -0.39 is 0 Å². The molecular weight excluding hydrogens is 240 g/mol. The van der Waals surface area contributed by atoms with Gasteiger partial charge in [0.2, 0.25) is 0 Å². The van der Waals surface area contributed by atoms with Gasteiger partial charge in [0.1, 0.15) is 11.5 Å². The lowest BCUT2D eigenvalue weighted by atomic mass is 9.85. The summed E-state index contributed by atoms with van der Waals surface area (Å²) in [7, 11) is 1.75. The standard InChI is InChI=1S/C14H24N4O/c1-9(2)11(10(3)4)6-17-14(19)12-7-16-8-13(15-5)18-12/h7-11H,6H2,1-5H3,(H,15,18)(H,17,19). The molecule has 5 nitrogen and oxygen atoms in total. The van der Waals surface area contributed by atoms with Crippen LogP contribution in [0.4, 0.5) is 5.82 Å². The van der Waals surface area contributed by atoms with Crippen LogP contribution < -0.4 is 10.6 Å². The van der Waals surface area contributed by atoms with Gasteiger partial charge in [0, 0.05) is 13.6 Å². The van der Waals surface area contributed by atoms with Crippen LogP contribution in [0.3, 0.4) is 0 Å². The first-order valence-corrected chi connectivity index (χ1v) is 6.73. The van der Waals surface area contributed by atoms with Crippen LogP contribution in [0.15, 0.2) is 12.4 Å². The zero-order valence-electron chi connectivity index (χ0n) is 12.4. The summed E-state index contributed by atoms with van der Waals surface area (Å²) >= 11 is 0. The van der Waals surface area contributed by atoms with Crippen LogP contribution in [-0.2, 0) is 0 Å². The minimum Gasteiger partial charge on any atom is -0.372 e. The maximum atomic E-state index is 12.0. The summed E-state index contributed by atoms with van der Waals surface area (Å²) in [6.07, 6.45) is 3.07. The molecule has 0 aromatic carbocycles. The molecule has 0 aliphatic rings. The van der Waals surface area contributed by atoms with E-state index in [4.69, 9.17) is 0 Å². The van der Waals surface area contributed by atoms with E-state index in [-0.39, 0.29) is 5.91 Å². The molecule has 0 aliphatic heterocycles. The lowest BCUT2D eigenvalue weighted by molar-refractivity contribution is 0.0932. The predicted octanol–water partition coefficient (Wildman–Crippen LogP) is 2.18. The third-order valence-corrected chi connectivity index (χ3v) is 3.33. The highest BCUT2D eigenvalue weighted by atomic mass is 16.1. The summed E-state index contributed by atoms with van der Waals surface area (Å²) in [6, 6.07) is 0. The highest BCUT2D eigenvalue weighted by molar-refractivity contribution is 5.92. The molecule has 1 heterocycles. The normalized spacial score (nSPS) is 11.2. The first-order chi connectivity index (χ1) is 8.95. The average Bonchev–Trinajstić information content (AvgIpc) is 2.38. The van der Waals surface area contributed by atoms with E-state index in [0.29, 0.717) is 35.8 Å². The topological polar surface area (TPSA) is 66.9 Å². The van der Waals surface area contributed by atoms with E-state index in [0.717, 1.165) is 0 Å². The van der Waals surface area contributed by atoms with Crippen LogP contribution in [0.5, 0.6) is 0 Å². The highest BCUT2D eigenvalue weighted by Gasteiger charge is 2.19. The SMILES string of the molecule is CNc1cncc(C(=O)NCC(C(C)C)C(C)C)n1. The van der Waals surface area contributed by atoms with Crippen LogP contribution >= 0.6 is 0 Å². The summed E-state index contributed by atoms with van der Waals surface area (Å²) in [5.74, 6) is 1.96.